The molecule has 0 aliphatic carbocycles. The molecule has 0 radical (unpaired) electrons. The number of azo groups is 1. The third kappa shape index (κ3) is 4.01. The van der Waals surface area contributed by atoms with Gasteiger partial charge in [-0.15, -0.1) is 0 Å². The summed E-state index contributed by atoms with van der Waals surface area (Å²) in [6, 6.07) is 7.82. The lowest BCUT2D eigenvalue weighted by Gasteiger charge is -2.00. The van der Waals surface area contributed by atoms with Crippen LogP contribution in [0.15, 0.2) is 70.2 Å². The van der Waals surface area contributed by atoms with Crippen molar-refractivity contribution in [1.29, 1.82) is 0 Å². The first kappa shape index (κ1) is 13.9. The van der Waals surface area contributed by atoms with Gasteiger partial charge in [-0.1, -0.05) is 30.9 Å². The fourth-order valence-corrected chi connectivity index (χ4v) is 1.38. The monoisotopic (exact) mass is 241 g/mol. The number of nitrogens with two attached hydrogens (primary N) is 1. The van der Waals surface area contributed by atoms with Gasteiger partial charge in [-0.25, -0.2) is 0 Å². The molecular formula is C15H19N3. The molecule has 1 aromatic rings. The zero-order chi connectivity index (χ0) is 13.5. The molecule has 0 aromatic heterocycles. The van der Waals surface area contributed by atoms with Gasteiger partial charge < -0.3 is 5.73 Å². The molecule has 3 nitrogen and oxygen atoms in total. The molecule has 0 bridgehead atoms. The summed E-state index contributed by atoms with van der Waals surface area (Å²) in [5, 5.41) is 8.25. The summed E-state index contributed by atoms with van der Waals surface area (Å²) in [7, 11) is 0. The molecule has 0 saturated carbocycles. The van der Waals surface area contributed by atoms with E-state index >= 15 is 0 Å². The lowest BCUT2D eigenvalue weighted by Crippen LogP contribution is -1.97. The van der Waals surface area contributed by atoms with Crippen LogP contribution in [-0.4, -0.2) is 0 Å². The van der Waals surface area contributed by atoms with Crippen molar-refractivity contribution in [2.45, 2.75) is 20.8 Å². The second kappa shape index (κ2) is 6.55. The Balaban J connectivity index is 2.81. The first-order chi connectivity index (χ1) is 8.54. The quantitative estimate of drug-likeness (QED) is 0.616. The predicted molar refractivity (Wildman–Crippen MR) is 76.5 cm³/mol. The fraction of sp³-hybridized carbons (Fsp3) is 0.200. The molecule has 0 unspecified atom stereocenters. The van der Waals surface area contributed by atoms with Gasteiger partial charge in [0.25, 0.3) is 0 Å². The van der Waals surface area contributed by atoms with Crippen molar-refractivity contribution in [3.05, 3.63) is 65.5 Å². The van der Waals surface area contributed by atoms with Gasteiger partial charge in [0.15, 0.2) is 0 Å². The standard InChI is InChI=1S/C15H19N3/c1-5-14(16)12(3)10-13(4)17-18-15-9-7-6-8-11(15)2/h5-10H,4,16H2,1-3H3/b12-10-,14-5+,18-17+. The fourth-order valence-electron chi connectivity index (χ4n) is 1.38. The van der Waals surface area contributed by atoms with Gasteiger partial charge >= 0.3 is 0 Å². The summed E-state index contributed by atoms with van der Waals surface area (Å²) >= 11 is 0. The minimum Gasteiger partial charge on any atom is -0.399 e. The van der Waals surface area contributed by atoms with Gasteiger partial charge in [0, 0.05) is 5.70 Å². The van der Waals surface area contributed by atoms with Crippen molar-refractivity contribution < 1.29 is 0 Å². The average Bonchev–Trinajstić information content (AvgIpc) is 2.36. The number of hydrogen-bond acceptors (Lipinski definition) is 3. The van der Waals surface area contributed by atoms with Crippen molar-refractivity contribution in [2.24, 2.45) is 16.0 Å². The van der Waals surface area contributed by atoms with Crippen LogP contribution in [0.5, 0.6) is 0 Å². The van der Waals surface area contributed by atoms with Crippen LogP contribution >= 0.6 is 0 Å². The summed E-state index contributed by atoms with van der Waals surface area (Å²) in [5.74, 6) is 0. The normalized spacial score (nSPS) is 13.1. The maximum Gasteiger partial charge on any atom is 0.0886 e. The summed E-state index contributed by atoms with van der Waals surface area (Å²) < 4.78 is 0. The minimum absolute atomic E-state index is 0.584. The molecule has 0 heterocycles. The summed E-state index contributed by atoms with van der Waals surface area (Å²) in [6.07, 6.45) is 3.66. The number of aryl methyl sites for hydroxylation is 1. The van der Waals surface area contributed by atoms with E-state index in [1.54, 1.807) is 0 Å². The zero-order valence-corrected chi connectivity index (χ0v) is 11.1. The lowest BCUT2D eigenvalue weighted by molar-refractivity contribution is 1.15. The first-order valence-electron chi connectivity index (χ1n) is 5.81. The van der Waals surface area contributed by atoms with E-state index in [1.165, 1.54) is 0 Å². The van der Waals surface area contributed by atoms with Crippen molar-refractivity contribution >= 4 is 5.69 Å². The molecule has 0 saturated heterocycles. The van der Waals surface area contributed by atoms with Gasteiger partial charge in [0.05, 0.1) is 11.4 Å². The van der Waals surface area contributed by atoms with E-state index in [0.717, 1.165) is 22.5 Å². The molecule has 3 heteroatoms. The maximum absolute atomic E-state index is 5.78. The number of benzene rings is 1. The van der Waals surface area contributed by atoms with E-state index in [0.29, 0.717) is 5.70 Å². The Hall–Kier alpha value is -2.16. The summed E-state index contributed by atoms with van der Waals surface area (Å²) in [6.45, 7) is 9.65. The van der Waals surface area contributed by atoms with Crippen LogP contribution < -0.4 is 5.73 Å². The van der Waals surface area contributed by atoms with Crippen molar-refractivity contribution in [3.63, 3.8) is 0 Å². The topological polar surface area (TPSA) is 50.7 Å². The second-order valence-corrected chi connectivity index (χ2v) is 4.05. The summed E-state index contributed by atoms with van der Waals surface area (Å²) in [4.78, 5) is 0. The predicted octanol–water partition coefficient (Wildman–Crippen LogP) is 4.40. The zero-order valence-electron chi connectivity index (χ0n) is 11.1. The molecule has 1 rings (SSSR count). The van der Waals surface area contributed by atoms with Crippen molar-refractivity contribution in [2.75, 3.05) is 0 Å². The van der Waals surface area contributed by atoms with E-state index < -0.39 is 0 Å². The molecule has 0 aliphatic heterocycles. The molecule has 1 aromatic carbocycles. The van der Waals surface area contributed by atoms with Crippen LogP contribution in [0.3, 0.4) is 0 Å². The molecule has 0 fully saturated rings. The largest absolute Gasteiger partial charge is 0.399 e. The van der Waals surface area contributed by atoms with Crippen molar-refractivity contribution in [1.82, 2.24) is 0 Å². The molecular weight excluding hydrogens is 222 g/mol. The molecule has 2 N–H and O–H groups in total. The maximum atomic E-state index is 5.78. The van der Waals surface area contributed by atoms with Crippen LogP contribution in [-0.2, 0) is 0 Å². The Morgan fingerprint density at radius 3 is 2.61 bits per heavy atom. The molecule has 0 atom stereocenters. The molecule has 0 aliphatic rings. The number of nitrogens with zero attached hydrogens (tertiary/aromatic N) is 2. The van der Waals surface area contributed by atoms with Gasteiger partial charge in [0.1, 0.15) is 0 Å². The minimum atomic E-state index is 0.584. The van der Waals surface area contributed by atoms with Crippen LogP contribution in [0.2, 0.25) is 0 Å². The molecule has 18 heavy (non-hydrogen) atoms. The third-order valence-corrected chi connectivity index (χ3v) is 2.55. The number of allylic oxidation sites excluding steroid dienone is 3. The first-order valence-corrected chi connectivity index (χ1v) is 5.81. The van der Waals surface area contributed by atoms with Crippen molar-refractivity contribution in [3.8, 4) is 0 Å². The lowest BCUT2D eigenvalue weighted by atomic mass is 10.2. The van der Waals surface area contributed by atoms with E-state index in [4.69, 9.17) is 5.73 Å². The SMILES string of the molecule is C=C(/C=C(C)\C(N)=C/C)/N=N/c1ccccc1C. The van der Waals surface area contributed by atoms with Crippen LogP contribution in [0.25, 0.3) is 0 Å². The van der Waals surface area contributed by atoms with Gasteiger partial charge in [-0.2, -0.15) is 10.2 Å². The smallest absolute Gasteiger partial charge is 0.0886 e. The number of hydrogen-bond donors (Lipinski definition) is 1. The van der Waals surface area contributed by atoms with E-state index in [2.05, 4.69) is 16.8 Å². The Labute approximate surface area is 108 Å². The van der Waals surface area contributed by atoms with Gasteiger partial charge in [-0.3, -0.25) is 0 Å². The summed E-state index contributed by atoms with van der Waals surface area (Å²) in [5.41, 5.74) is 9.96. The highest BCUT2D eigenvalue weighted by atomic mass is 15.1. The Morgan fingerprint density at radius 1 is 1.33 bits per heavy atom. The van der Waals surface area contributed by atoms with E-state index in [-0.39, 0.29) is 0 Å². The van der Waals surface area contributed by atoms with Crippen LogP contribution in [0, 0.1) is 6.92 Å². The van der Waals surface area contributed by atoms with E-state index in [9.17, 15) is 0 Å². The highest BCUT2D eigenvalue weighted by molar-refractivity contribution is 5.44. The number of rotatable bonds is 4. The Morgan fingerprint density at radius 2 is 2.00 bits per heavy atom. The molecule has 94 valence electrons. The van der Waals surface area contributed by atoms with E-state index in [1.807, 2.05) is 57.2 Å². The van der Waals surface area contributed by atoms with Crippen LogP contribution in [0.4, 0.5) is 5.69 Å². The highest BCUT2D eigenvalue weighted by Crippen LogP contribution is 2.19. The Kier molecular flexibility index (Phi) is 5.06. The highest BCUT2D eigenvalue weighted by Gasteiger charge is 1.95. The molecule has 0 spiro atoms. The van der Waals surface area contributed by atoms with Crippen LogP contribution in [0.1, 0.15) is 19.4 Å². The second-order valence-electron chi connectivity index (χ2n) is 4.05. The Bertz CT molecular complexity index is 522. The van der Waals surface area contributed by atoms with Gasteiger partial charge in [-0.05, 0) is 44.1 Å². The van der Waals surface area contributed by atoms with Gasteiger partial charge in [0.2, 0.25) is 0 Å². The third-order valence-electron chi connectivity index (χ3n) is 2.55. The molecule has 0 amide bonds. The average molecular weight is 241 g/mol.